The van der Waals surface area contributed by atoms with Crippen LogP contribution in [0.25, 0.3) is 10.1 Å². The van der Waals surface area contributed by atoms with Crippen molar-refractivity contribution in [3.05, 3.63) is 23.9 Å². The molecule has 3 saturated heterocycles. The van der Waals surface area contributed by atoms with Crippen LogP contribution in [0.4, 0.5) is 10.5 Å². The first kappa shape index (κ1) is 22.2. The SMILES string of the molecule is CCCNC(=O)Nc1ccc2c(C(=O)C[C@@H]3CN4CCC3CC4)nsc2c1.O=CO. The second-order valence-electron chi connectivity index (χ2n) is 7.75. The van der Waals surface area contributed by atoms with Crippen LogP contribution in [0.1, 0.15) is 43.1 Å². The van der Waals surface area contributed by atoms with Crippen molar-refractivity contribution < 1.29 is 19.5 Å². The number of carboxylic acid groups (broad SMARTS) is 1. The second-order valence-corrected chi connectivity index (χ2v) is 8.56. The number of aromatic nitrogens is 1. The van der Waals surface area contributed by atoms with Crippen molar-refractivity contribution in [3.63, 3.8) is 0 Å². The Labute approximate surface area is 179 Å². The Hall–Kier alpha value is -2.52. The minimum Gasteiger partial charge on any atom is -0.483 e. The molecule has 3 fully saturated rings. The van der Waals surface area contributed by atoms with E-state index in [4.69, 9.17) is 9.90 Å². The summed E-state index contributed by atoms with van der Waals surface area (Å²) in [7, 11) is 0. The molecule has 8 nitrogen and oxygen atoms in total. The molecule has 30 heavy (non-hydrogen) atoms. The molecule has 3 N–H and O–H groups in total. The van der Waals surface area contributed by atoms with Crippen LogP contribution in [0.2, 0.25) is 0 Å². The van der Waals surface area contributed by atoms with Gasteiger partial charge in [-0.25, -0.2) is 4.79 Å². The normalized spacial score (nSPS) is 22.1. The molecule has 2 aromatic rings. The Morgan fingerprint density at radius 2 is 2.07 bits per heavy atom. The van der Waals surface area contributed by atoms with Crippen LogP contribution in [-0.4, -0.2) is 58.8 Å². The van der Waals surface area contributed by atoms with Gasteiger partial charge in [0.05, 0.1) is 4.70 Å². The van der Waals surface area contributed by atoms with Crippen LogP contribution in [0.3, 0.4) is 0 Å². The first-order valence-electron chi connectivity index (χ1n) is 10.3. The van der Waals surface area contributed by atoms with Gasteiger partial charge in [-0.3, -0.25) is 9.59 Å². The van der Waals surface area contributed by atoms with Crippen molar-refractivity contribution in [2.75, 3.05) is 31.5 Å². The number of ketones is 1. The zero-order valence-corrected chi connectivity index (χ0v) is 17.9. The van der Waals surface area contributed by atoms with E-state index in [-0.39, 0.29) is 18.3 Å². The maximum Gasteiger partial charge on any atom is 0.319 e. The number of fused-ring (bicyclic) bond motifs is 4. The molecule has 1 aromatic heterocycles. The summed E-state index contributed by atoms with van der Waals surface area (Å²) in [5.41, 5.74) is 1.31. The largest absolute Gasteiger partial charge is 0.483 e. The average Bonchev–Trinajstić information content (AvgIpc) is 3.17. The van der Waals surface area contributed by atoms with E-state index < -0.39 is 0 Å². The number of hydrogen-bond donors (Lipinski definition) is 3. The van der Waals surface area contributed by atoms with Gasteiger partial charge in [-0.15, -0.1) is 0 Å². The Morgan fingerprint density at radius 1 is 1.33 bits per heavy atom. The summed E-state index contributed by atoms with van der Waals surface area (Å²) in [5.74, 6) is 1.32. The quantitative estimate of drug-likeness (QED) is 0.476. The van der Waals surface area contributed by atoms with E-state index in [2.05, 4.69) is 19.9 Å². The molecule has 0 unspecified atom stereocenters. The van der Waals surface area contributed by atoms with Crippen molar-refractivity contribution in [1.29, 1.82) is 0 Å². The maximum absolute atomic E-state index is 12.9. The molecule has 5 rings (SSSR count). The van der Waals surface area contributed by atoms with Gasteiger partial charge in [0.25, 0.3) is 6.47 Å². The number of hydrogen-bond acceptors (Lipinski definition) is 6. The lowest BCUT2D eigenvalue weighted by Gasteiger charge is -2.44. The fraction of sp³-hybridized carbons (Fsp3) is 0.524. The number of Topliss-reactive ketones (excluding diaryl/α,β-unsaturated/α-hetero) is 1. The van der Waals surface area contributed by atoms with Gasteiger partial charge in [-0.05, 0) is 73.9 Å². The zero-order chi connectivity index (χ0) is 21.5. The second kappa shape index (κ2) is 10.5. The first-order chi connectivity index (χ1) is 14.5. The third kappa shape index (κ3) is 5.34. The van der Waals surface area contributed by atoms with E-state index in [1.807, 2.05) is 25.1 Å². The monoisotopic (exact) mass is 432 g/mol. The standard InChI is InChI=1S/C20H26N4O2S.CH2O2/c1-2-7-21-20(26)22-15-3-4-16-18(11-15)27-23-19(16)17(25)10-14-12-24-8-5-13(14)6-9-24;2-1-3/h3-4,11,13-14H,2,5-10,12H2,1H3,(H2,21,22,26);1H,(H,2,3)/t14-;/m1./s1. The van der Waals surface area contributed by atoms with Gasteiger partial charge in [0.15, 0.2) is 5.78 Å². The van der Waals surface area contributed by atoms with Gasteiger partial charge in [0.2, 0.25) is 0 Å². The van der Waals surface area contributed by atoms with Crippen molar-refractivity contribution in [3.8, 4) is 0 Å². The van der Waals surface area contributed by atoms with Crippen LogP contribution in [0.15, 0.2) is 18.2 Å². The lowest BCUT2D eigenvalue weighted by Crippen LogP contribution is -2.47. The molecule has 0 saturated carbocycles. The average molecular weight is 433 g/mol. The van der Waals surface area contributed by atoms with Crippen LogP contribution in [-0.2, 0) is 4.79 Å². The molecule has 9 heteroatoms. The summed E-state index contributed by atoms with van der Waals surface area (Å²) >= 11 is 1.33. The molecule has 0 spiro atoms. The molecule has 0 aliphatic carbocycles. The number of urea groups is 1. The zero-order valence-electron chi connectivity index (χ0n) is 17.1. The number of nitrogens with zero attached hydrogens (tertiary/aromatic N) is 2. The highest BCUT2D eigenvalue weighted by atomic mass is 32.1. The highest BCUT2D eigenvalue weighted by Gasteiger charge is 2.35. The molecular weight excluding hydrogens is 404 g/mol. The minimum atomic E-state index is -0.250. The van der Waals surface area contributed by atoms with E-state index in [0.717, 1.165) is 28.7 Å². The fourth-order valence-corrected chi connectivity index (χ4v) is 5.12. The Bertz CT molecular complexity index is 892. The van der Waals surface area contributed by atoms with Crippen molar-refractivity contribution >= 4 is 45.6 Å². The van der Waals surface area contributed by atoms with Crippen LogP contribution in [0, 0.1) is 11.8 Å². The van der Waals surface area contributed by atoms with Crippen LogP contribution in [0.5, 0.6) is 0 Å². The first-order valence-corrected chi connectivity index (χ1v) is 11.1. The van der Waals surface area contributed by atoms with E-state index in [1.165, 1.54) is 37.5 Å². The van der Waals surface area contributed by atoms with E-state index in [1.54, 1.807) is 0 Å². The summed E-state index contributed by atoms with van der Waals surface area (Å²) in [6, 6.07) is 5.42. The Balaban J connectivity index is 0.000000806. The lowest BCUT2D eigenvalue weighted by molar-refractivity contribution is -0.122. The third-order valence-electron chi connectivity index (χ3n) is 5.77. The summed E-state index contributed by atoms with van der Waals surface area (Å²) in [4.78, 5) is 35.5. The molecule has 4 heterocycles. The third-order valence-corrected chi connectivity index (χ3v) is 6.58. The Kier molecular flexibility index (Phi) is 7.75. The predicted molar refractivity (Wildman–Crippen MR) is 117 cm³/mol. The van der Waals surface area contributed by atoms with Gasteiger partial charge in [-0.2, -0.15) is 4.37 Å². The number of carbonyl (C=O) groups excluding carboxylic acids is 2. The molecule has 3 aliphatic rings. The van der Waals surface area contributed by atoms with Gasteiger partial charge in [0.1, 0.15) is 5.69 Å². The molecule has 2 bridgehead atoms. The highest BCUT2D eigenvalue weighted by molar-refractivity contribution is 7.13. The van der Waals surface area contributed by atoms with Gasteiger partial charge < -0.3 is 20.6 Å². The van der Waals surface area contributed by atoms with Crippen LogP contribution >= 0.6 is 11.5 Å². The maximum atomic E-state index is 12.9. The number of benzene rings is 1. The smallest absolute Gasteiger partial charge is 0.319 e. The van der Waals surface area contributed by atoms with Gasteiger partial charge in [0, 0.05) is 30.6 Å². The molecule has 1 atom stereocenters. The summed E-state index contributed by atoms with van der Waals surface area (Å²) < 4.78 is 5.37. The van der Waals surface area contributed by atoms with Crippen molar-refractivity contribution in [2.24, 2.45) is 11.8 Å². The number of piperidine rings is 3. The van der Waals surface area contributed by atoms with E-state index in [0.29, 0.717) is 30.5 Å². The van der Waals surface area contributed by atoms with Crippen molar-refractivity contribution in [2.45, 2.75) is 32.6 Å². The van der Waals surface area contributed by atoms with Gasteiger partial charge in [-0.1, -0.05) is 6.92 Å². The van der Waals surface area contributed by atoms with E-state index >= 15 is 0 Å². The summed E-state index contributed by atoms with van der Waals surface area (Å²) in [5, 5.41) is 13.4. The number of amides is 2. The van der Waals surface area contributed by atoms with Crippen LogP contribution < -0.4 is 10.6 Å². The molecule has 3 aliphatic heterocycles. The highest BCUT2D eigenvalue weighted by Crippen LogP contribution is 2.36. The molecule has 0 radical (unpaired) electrons. The van der Waals surface area contributed by atoms with E-state index in [9.17, 15) is 9.59 Å². The van der Waals surface area contributed by atoms with Gasteiger partial charge >= 0.3 is 6.03 Å². The lowest BCUT2D eigenvalue weighted by atomic mass is 9.76. The van der Waals surface area contributed by atoms with Crippen molar-refractivity contribution in [1.82, 2.24) is 14.6 Å². The number of carbonyl (C=O) groups is 3. The fourth-order valence-electron chi connectivity index (χ4n) is 4.28. The predicted octanol–water partition coefficient (Wildman–Crippen LogP) is 3.44. The topological polar surface area (TPSA) is 112 Å². The number of anilines is 1. The summed E-state index contributed by atoms with van der Waals surface area (Å²) in [6.07, 6.45) is 3.95. The molecular formula is C21H28N4O4S. The molecule has 162 valence electrons. The number of rotatable bonds is 6. The molecule has 1 aromatic carbocycles. The minimum absolute atomic E-state index is 0.154. The summed E-state index contributed by atoms with van der Waals surface area (Å²) in [6.45, 7) is 5.84. The Morgan fingerprint density at radius 3 is 2.70 bits per heavy atom. The molecule has 2 amide bonds. The number of nitrogens with one attached hydrogen (secondary N) is 2.